The van der Waals surface area contributed by atoms with Crippen molar-refractivity contribution < 1.29 is 4.79 Å². The van der Waals surface area contributed by atoms with Gasteiger partial charge in [-0.3, -0.25) is 9.88 Å². The number of nitrogens with two attached hydrogens (primary N) is 1. The van der Waals surface area contributed by atoms with Gasteiger partial charge in [0.25, 0.3) is 0 Å². The summed E-state index contributed by atoms with van der Waals surface area (Å²) >= 11 is 12.1. The molecule has 18 heavy (non-hydrogen) atoms. The van der Waals surface area contributed by atoms with E-state index in [0.717, 1.165) is 0 Å². The van der Waals surface area contributed by atoms with E-state index in [1.165, 1.54) is 11.1 Å². The number of carbonyl (C=O) groups is 1. The number of urea groups is 1. The van der Waals surface area contributed by atoms with Gasteiger partial charge in [0.1, 0.15) is 0 Å². The standard InChI is InChI=1S/C12H9Cl2N3O/c13-9-4-1-5-10(14)11(9)17(12(15)18)8-3-2-6-16-7-8/h1-7H,(H2,15,18). The SMILES string of the molecule is NC(=O)N(c1cccnc1)c1c(Cl)cccc1Cl. The molecule has 0 aliphatic carbocycles. The van der Waals surface area contributed by atoms with Crippen LogP contribution in [0.4, 0.5) is 16.2 Å². The summed E-state index contributed by atoms with van der Waals surface area (Å²) in [6, 6.07) is 7.66. The molecule has 6 heteroatoms. The van der Waals surface area contributed by atoms with E-state index in [-0.39, 0.29) is 0 Å². The number of carbonyl (C=O) groups excluding carboxylic acids is 1. The number of primary amides is 1. The topological polar surface area (TPSA) is 59.2 Å². The molecule has 1 aromatic carbocycles. The van der Waals surface area contributed by atoms with Gasteiger partial charge >= 0.3 is 6.03 Å². The monoisotopic (exact) mass is 281 g/mol. The maximum Gasteiger partial charge on any atom is 0.324 e. The zero-order valence-electron chi connectivity index (χ0n) is 9.18. The van der Waals surface area contributed by atoms with E-state index < -0.39 is 6.03 Å². The Bertz CT molecular complexity index is 555. The Morgan fingerprint density at radius 1 is 1.17 bits per heavy atom. The van der Waals surface area contributed by atoms with Gasteiger partial charge in [0.15, 0.2) is 0 Å². The van der Waals surface area contributed by atoms with Crippen molar-refractivity contribution in [3.8, 4) is 0 Å². The lowest BCUT2D eigenvalue weighted by Crippen LogP contribution is -2.31. The van der Waals surface area contributed by atoms with Crippen molar-refractivity contribution >= 4 is 40.6 Å². The molecule has 2 amide bonds. The summed E-state index contributed by atoms with van der Waals surface area (Å²) in [7, 11) is 0. The van der Waals surface area contributed by atoms with Crippen LogP contribution in [-0.2, 0) is 0 Å². The highest BCUT2D eigenvalue weighted by atomic mass is 35.5. The van der Waals surface area contributed by atoms with Crippen molar-refractivity contribution in [2.75, 3.05) is 4.90 Å². The van der Waals surface area contributed by atoms with Crippen molar-refractivity contribution in [2.45, 2.75) is 0 Å². The summed E-state index contributed by atoms with van der Waals surface area (Å²) < 4.78 is 0. The Hall–Kier alpha value is -1.78. The Kier molecular flexibility index (Phi) is 3.69. The first-order valence-corrected chi connectivity index (χ1v) is 5.80. The third kappa shape index (κ3) is 2.39. The molecule has 0 bridgehead atoms. The Labute approximate surface area is 114 Å². The predicted octanol–water partition coefficient (Wildman–Crippen LogP) is 3.61. The quantitative estimate of drug-likeness (QED) is 0.914. The van der Waals surface area contributed by atoms with Crippen LogP contribution in [0.25, 0.3) is 0 Å². The molecular formula is C12H9Cl2N3O. The van der Waals surface area contributed by atoms with Crippen LogP contribution in [0, 0.1) is 0 Å². The minimum atomic E-state index is -0.682. The van der Waals surface area contributed by atoms with Gasteiger partial charge in [0.2, 0.25) is 0 Å². The number of para-hydroxylation sites is 1. The highest BCUT2D eigenvalue weighted by Crippen LogP contribution is 2.37. The normalized spacial score (nSPS) is 10.1. The van der Waals surface area contributed by atoms with E-state index in [1.54, 1.807) is 36.5 Å². The molecule has 1 aromatic heterocycles. The fourth-order valence-electron chi connectivity index (χ4n) is 1.56. The number of nitrogens with zero attached hydrogens (tertiary/aromatic N) is 2. The first-order valence-electron chi connectivity index (χ1n) is 5.05. The molecule has 0 saturated carbocycles. The first kappa shape index (κ1) is 12.7. The number of aromatic nitrogens is 1. The Morgan fingerprint density at radius 2 is 1.83 bits per heavy atom. The molecule has 0 saturated heterocycles. The number of anilines is 2. The fourth-order valence-corrected chi connectivity index (χ4v) is 2.12. The zero-order valence-corrected chi connectivity index (χ0v) is 10.7. The summed E-state index contributed by atoms with van der Waals surface area (Å²) in [5, 5.41) is 0.676. The maximum absolute atomic E-state index is 11.6. The molecule has 2 aromatic rings. The third-order valence-corrected chi connectivity index (χ3v) is 2.90. The average Bonchev–Trinajstić information content (AvgIpc) is 2.34. The van der Waals surface area contributed by atoms with Crippen LogP contribution in [0.3, 0.4) is 0 Å². The lowest BCUT2D eigenvalue weighted by Gasteiger charge is -2.22. The molecule has 2 N–H and O–H groups in total. The van der Waals surface area contributed by atoms with Crippen LogP contribution in [0.15, 0.2) is 42.7 Å². The maximum atomic E-state index is 11.6. The van der Waals surface area contributed by atoms with Crippen molar-refractivity contribution in [3.63, 3.8) is 0 Å². The molecule has 2 rings (SSSR count). The Morgan fingerprint density at radius 3 is 2.33 bits per heavy atom. The van der Waals surface area contributed by atoms with Crippen molar-refractivity contribution in [2.24, 2.45) is 5.73 Å². The number of amides is 2. The molecule has 0 atom stereocenters. The lowest BCUT2D eigenvalue weighted by molar-refractivity contribution is 0.256. The summed E-state index contributed by atoms with van der Waals surface area (Å²) in [6.07, 6.45) is 3.10. The second-order valence-electron chi connectivity index (χ2n) is 3.46. The Balaban J connectivity index is 2.60. The first-order chi connectivity index (χ1) is 8.61. The molecule has 0 spiro atoms. The van der Waals surface area contributed by atoms with E-state index in [0.29, 0.717) is 21.4 Å². The van der Waals surface area contributed by atoms with Crippen LogP contribution >= 0.6 is 23.2 Å². The van der Waals surface area contributed by atoms with Gasteiger partial charge in [0.05, 0.1) is 27.6 Å². The molecule has 0 unspecified atom stereocenters. The predicted molar refractivity (Wildman–Crippen MR) is 72.4 cm³/mol. The van der Waals surface area contributed by atoms with E-state index in [9.17, 15) is 4.79 Å². The molecular weight excluding hydrogens is 273 g/mol. The van der Waals surface area contributed by atoms with Crippen LogP contribution in [0.2, 0.25) is 10.0 Å². The van der Waals surface area contributed by atoms with Crippen molar-refractivity contribution in [3.05, 3.63) is 52.8 Å². The number of hydrogen-bond acceptors (Lipinski definition) is 2. The number of rotatable bonds is 2. The second-order valence-corrected chi connectivity index (χ2v) is 4.27. The van der Waals surface area contributed by atoms with Crippen LogP contribution in [-0.4, -0.2) is 11.0 Å². The van der Waals surface area contributed by atoms with E-state index in [4.69, 9.17) is 28.9 Å². The molecule has 1 heterocycles. The summed E-state index contributed by atoms with van der Waals surface area (Å²) in [4.78, 5) is 16.8. The van der Waals surface area contributed by atoms with E-state index >= 15 is 0 Å². The van der Waals surface area contributed by atoms with Crippen molar-refractivity contribution in [1.82, 2.24) is 4.98 Å². The summed E-state index contributed by atoms with van der Waals surface area (Å²) in [5.41, 5.74) is 6.23. The number of hydrogen-bond donors (Lipinski definition) is 1. The fraction of sp³-hybridized carbons (Fsp3) is 0. The zero-order chi connectivity index (χ0) is 13.1. The number of pyridine rings is 1. The minimum Gasteiger partial charge on any atom is -0.351 e. The van der Waals surface area contributed by atoms with Gasteiger partial charge in [-0.1, -0.05) is 29.3 Å². The summed E-state index contributed by atoms with van der Waals surface area (Å²) in [5.74, 6) is 0. The smallest absolute Gasteiger partial charge is 0.324 e. The van der Waals surface area contributed by atoms with Crippen LogP contribution in [0.1, 0.15) is 0 Å². The van der Waals surface area contributed by atoms with Gasteiger partial charge in [-0.25, -0.2) is 4.79 Å². The van der Waals surface area contributed by atoms with Gasteiger partial charge in [-0.15, -0.1) is 0 Å². The van der Waals surface area contributed by atoms with Gasteiger partial charge in [-0.2, -0.15) is 0 Å². The minimum absolute atomic E-state index is 0.338. The van der Waals surface area contributed by atoms with Crippen molar-refractivity contribution in [1.29, 1.82) is 0 Å². The van der Waals surface area contributed by atoms with Crippen LogP contribution in [0.5, 0.6) is 0 Å². The summed E-state index contributed by atoms with van der Waals surface area (Å²) in [6.45, 7) is 0. The van der Waals surface area contributed by atoms with E-state index in [1.807, 2.05) is 0 Å². The van der Waals surface area contributed by atoms with Gasteiger partial charge < -0.3 is 5.73 Å². The molecule has 4 nitrogen and oxygen atoms in total. The molecule has 0 aliphatic heterocycles. The highest BCUT2D eigenvalue weighted by Gasteiger charge is 2.20. The highest BCUT2D eigenvalue weighted by molar-refractivity contribution is 6.40. The van der Waals surface area contributed by atoms with Gasteiger partial charge in [-0.05, 0) is 24.3 Å². The largest absolute Gasteiger partial charge is 0.351 e. The lowest BCUT2D eigenvalue weighted by atomic mass is 10.2. The molecule has 0 aliphatic rings. The molecule has 0 fully saturated rings. The molecule has 92 valence electrons. The molecule has 0 radical (unpaired) electrons. The van der Waals surface area contributed by atoms with E-state index in [2.05, 4.69) is 4.98 Å². The number of halogens is 2. The second kappa shape index (κ2) is 5.25. The number of benzene rings is 1. The average molecular weight is 282 g/mol. The third-order valence-electron chi connectivity index (χ3n) is 2.29. The van der Waals surface area contributed by atoms with Crippen LogP contribution < -0.4 is 10.6 Å². The van der Waals surface area contributed by atoms with Gasteiger partial charge in [0, 0.05) is 6.20 Å².